The number of carboxylic acids is 2. The van der Waals surface area contributed by atoms with Gasteiger partial charge in [0.25, 0.3) is 0 Å². The number of rotatable bonds is 14. The average molecular weight is 461 g/mol. The van der Waals surface area contributed by atoms with Crippen molar-refractivity contribution in [3.8, 4) is 0 Å². The molecule has 0 aliphatic carbocycles. The van der Waals surface area contributed by atoms with Crippen molar-refractivity contribution in [3.63, 3.8) is 0 Å². The van der Waals surface area contributed by atoms with Gasteiger partial charge in [0.2, 0.25) is 17.7 Å². The van der Waals surface area contributed by atoms with Gasteiger partial charge >= 0.3 is 11.9 Å². The maximum Gasteiger partial charge on any atom is 0.326 e. The van der Waals surface area contributed by atoms with Crippen LogP contribution in [-0.4, -0.2) is 75.3 Å². The van der Waals surface area contributed by atoms with Crippen LogP contribution < -0.4 is 21.7 Å². The molecule has 0 rings (SSSR count). The van der Waals surface area contributed by atoms with Crippen molar-refractivity contribution in [2.45, 2.75) is 84.2 Å². The van der Waals surface area contributed by atoms with E-state index < -0.39 is 66.4 Å². The van der Waals surface area contributed by atoms with Crippen molar-refractivity contribution in [3.05, 3.63) is 0 Å². The number of amides is 3. The first-order valence-electron chi connectivity index (χ1n) is 10.5. The van der Waals surface area contributed by atoms with Crippen LogP contribution >= 0.6 is 0 Å². The lowest BCUT2D eigenvalue weighted by molar-refractivity contribution is -0.143. The first-order chi connectivity index (χ1) is 14.7. The maximum absolute atomic E-state index is 12.8. The van der Waals surface area contributed by atoms with E-state index in [-0.39, 0.29) is 24.7 Å². The van der Waals surface area contributed by atoms with E-state index in [0.717, 1.165) is 0 Å². The number of nitrogens with one attached hydrogen (secondary N) is 3. The van der Waals surface area contributed by atoms with E-state index in [9.17, 15) is 34.2 Å². The molecule has 0 bridgehead atoms. The minimum absolute atomic E-state index is 0.0518. The van der Waals surface area contributed by atoms with Crippen LogP contribution in [-0.2, 0) is 24.0 Å². The summed E-state index contributed by atoms with van der Waals surface area (Å²) in [7, 11) is 0. The standard InChI is InChI=1S/C20H36N4O8/c1-9(2)8-13(17(28)22-12(20(31)32)6-7-14(26)27)23-19(30)16(10(3)4)24-18(29)15(21)11(5)25/h9-13,15-16,25H,6-8,21H2,1-5H3,(H,22,28)(H,23,30)(H,24,29)(H,26,27)(H,31,32). The quantitative estimate of drug-likeness (QED) is 0.166. The Bertz CT molecular complexity index is 681. The van der Waals surface area contributed by atoms with Crippen LogP contribution in [0.25, 0.3) is 0 Å². The fourth-order valence-electron chi connectivity index (χ4n) is 2.77. The Morgan fingerprint density at radius 2 is 1.34 bits per heavy atom. The molecule has 12 heteroatoms. The van der Waals surface area contributed by atoms with E-state index in [1.165, 1.54) is 6.92 Å². The molecule has 32 heavy (non-hydrogen) atoms. The Kier molecular flexibility index (Phi) is 12.5. The molecule has 0 spiro atoms. The van der Waals surface area contributed by atoms with Crippen molar-refractivity contribution in [2.24, 2.45) is 17.6 Å². The summed E-state index contributed by atoms with van der Waals surface area (Å²) in [5, 5.41) is 34.8. The van der Waals surface area contributed by atoms with Crippen molar-refractivity contribution in [1.29, 1.82) is 0 Å². The summed E-state index contributed by atoms with van der Waals surface area (Å²) in [5.74, 6) is -5.23. The topological polar surface area (TPSA) is 208 Å². The SMILES string of the molecule is CC(C)CC(NC(=O)C(NC(=O)C(N)C(C)O)C(C)C)C(=O)NC(CCC(=O)O)C(=O)O. The molecular weight excluding hydrogens is 424 g/mol. The lowest BCUT2D eigenvalue weighted by Crippen LogP contribution is -2.59. The van der Waals surface area contributed by atoms with Gasteiger partial charge in [0, 0.05) is 6.42 Å². The molecule has 5 unspecified atom stereocenters. The molecule has 0 aliphatic heterocycles. The highest BCUT2D eigenvalue weighted by Crippen LogP contribution is 2.09. The summed E-state index contributed by atoms with van der Waals surface area (Å²) in [6.07, 6.45) is -1.73. The van der Waals surface area contributed by atoms with E-state index in [2.05, 4.69) is 16.0 Å². The lowest BCUT2D eigenvalue weighted by Gasteiger charge is -2.28. The predicted octanol–water partition coefficient (Wildman–Crippen LogP) is -1.20. The van der Waals surface area contributed by atoms with Crippen LogP contribution in [0.4, 0.5) is 0 Å². The van der Waals surface area contributed by atoms with E-state index in [1.54, 1.807) is 27.7 Å². The van der Waals surface area contributed by atoms with Crippen molar-refractivity contribution in [1.82, 2.24) is 16.0 Å². The second-order valence-corrected chi connectivity index (χ2v) is 8.52. The summed E-state index contributed by atoms with van der Waals surface area (Å²) >= 11 is 0. The third-order valence-corrected chi connectivity index (χ3v) is 4.67. The smallest absolute Gasteiger partial charge is 0.326 e. The number of carboxylic acid groups (broad SMARTS) is 2. The highest BCUT2D eigenvalue weighted by atomic mass is 16.4. The zero-order valence-electron chi connectivity index (χ0n) is 19.1. The zero-order chi connectivity index (χ0) is 25.2. The summed E-state index contributed by atoms with van der Waals surface area (Å²) in [5.41, 5.74) is 5.60. The third kappa shape index (κ3) is 10.5. The fraction of sp³-hybridized carbons (Fsp3) is 0.750. The van der Waals surface area contributed by atoms with E-state index >= 15 is 0 Å². The molecule has 184 valence electrons. The van der Waals surface area contributed by atoms with E-state index in [1.807, 2.05) is 0 Å². The summed E-state index contributed by atoms with van der Waals surface area (Å²) in [6, 6.07) is -4.85. The number of hydrogen-bond acceptors (Lipinski definition) is 7. The second kappa shape index (κ2) is 13.6. The number of aliphatic carboxylic acids is 2. The highest BCUT2D eigenvalue weighted by Gasteiger charge is 2.32. The zero-order valence-corrected chi connectivity index (χ0v) is 19.1. The Hall–Kier alpha value is -2.73. The van der Waals surface area contributed by atoms with Crippen molar-refractivity contribution < 1.29 is 39.3 Å². The Morgan fingerprint density at radius 1 is 0.812 bits per heavy atom. The van der Waals surface area contributed by atoms with Gasteiger partial charge in [-0.1, -0.05) is 27.7 Å². The van der Waals surface area contributed by atoms with Crippen LogP contribution in [0.5, 0.6) is 0 Å². The van der Waals surface area contributed by atoms with Gasteiger partial charge in [-0.25, -0.2) is 4.79 Å². The lowest BCUT2D eigenvalue weighted by atomic mass is 9.99. The van der Waals surface area contributed by atoms with E-state index in [4.69, 9.17) is 10.8 Å². The molecule has 0 aromatic rings. The van der Waals surface area contributed by atoms with Crippen LogP contribution in [0.3, 0.4) is 0 Å². The highest BCUT2D eigenvalue weighted by molar-refractivity contribution is 5.94. The number of aliphatic hydroxyl groups is 1. The molecule has 0 aliphatic rings. The monoisotopic (exact) mass is 460 g/mol. The first-order valence-corrected chi connectivity index (χ1v) is 10.5. The molecule has 0 heterocycles. The summed E-state index contributed by atoms with van der Waals surface area (Å²) in [6.45, 7) is 8.27. The van der Waals surface area contributed by atoms with Gasteiger partial charge in [0.1, 0.15) is 24.2 Å². The number of nitrogens with two attached hydrogens (primary N) is 1. The summed E-state index contributed by atoms with van der Waals surface area (Å²) in [4.78, 5) is 59.8. The molecular formula is C20H36N4O8. The van der Waals surface area contributed by atoms with Gasteiger partial charge < -0.3 is 37.0 Å². The van der Waals surface area contributed by atoms with Crippen LogP contribution in [0.15, 0.2) is 0 Å². The van der Waals surface area contributed by atoms with Crippen molar-refractivity contribution in [2.75, 3.05) is 0 Å². The average Bonchev–Trinajstić information content (AvgIpc) is 2.66. The van der Waals surface area contributed by atoms with Gasteiger partial charge in [0.05, 0.1) is 6.10 Å². The molecule has 8 N–H and O–H groups in total. The van der Waals surface area contributed by atoms with Gasteiger partial charge in [-0.05, 0) is 31.6 Å². The largest absolute Gasteiger partial charge is 0.481 e. The fourth-order valence-corrected chi connectivity index (χ4v) is 2.77. The number of carbonyl (C=O) groups excluding carboxylic acids is 3. The molecule has 0 saturated carbocycles. The summed E-state index contributed by atoms with van der Waals surface area (Å²) < 4.78 is 0. The maximum atomic E-state index is 12.8. The Balaban J connectivity index is 5.45. The minimum Gasteiger partial charge on any atom is -0.481 e. The molecule has 0 radical (unpaired) electrons. The molecule has 0 aromatic carbocycles. The molecule has 0 aromatic heterocycles. The Labute approximate surface area is 187 Å². The number of carbonyl (C=O) groups is 5. The van der Waals surface area contributed by atoms with Gasteiger partial charge in [-0.3, -0.25) is 19.2 Å². The van der Waals surface area contributed by atoms with Crippen molar-refractivity contribution >= 4 is 29.7 Å². The number of aliphatic hydroxyl groups excluding tert-OH is 1. The van der Waals surface area contributed by atoms with Crippen LogP contribution in [0.2, 0.25) is 0 Å². The molecule has 3 amide bonds. The third-order valence-electron chi connectivity index (χ3n) is 4.67. The normalized spacial score (nSPS) is 15.9. The minimum atomic E-state index is -1.44. The Morgan fingerprint density at radius 3 is 1.75 bits per heavy atom. The molecule has 5 atom stereocenters. The van der Waals surface area contributed by atoms with Crippen LogP contribution in [0.1, 0.15) is 53.9 Å². The number of hydrogen-bond donors (Lipinski definition) is 7. The predicted molar refractivity (Wildman–Crippen MR) is 114 cm³/mol. The first kappa shape index (κ1) is 29.3. The van der Waals surface area contributed by atoms with E-state index in [0.29, 0.717) is 0 Å². The van der Waals surface area contributed by atoms with Gasteiger partial charge in [-0.2, -0.15) is 0 Å². The van der Waals surface area contributed by atoms with Gasteiger partial charge in [0.15, 0.2) is 0 Å². The molecule has 0 saturated heterocycles. The molecule has 0 fully saturated rings. The van der Waals surface area contributed by atoms with Crippen LogP contribution in [0, 0.1) is 11.8 Å². The second-order valence-electron chi connectivity index (χ2n) is 8.52. The molecule has 12 nitrogen and oxygen atoms in total. The van der Waals surface area contributed by atoms with Gasteiger partial charge in [-0.15, -0.1) is 0 Å².